The van der Waals surface area contributed by atoms with Crippen molar-refractivity contribution in [3.63, 3.8) is 0 Å². The van der Waals surface area contributed by atoms with E-state index in [9.17, 15) is 4.79 Å². The normalized spacial score (nSPS) is 10.8. The van der Waals surface area contributed by atoms with Crippen molar-refractivity contribution in [1.82, 2.24) is 4.98 Å². The van der Waals surface area contributed by atoms with Gasteiger partial charge in [0.25, 0.3) is 0 Å². The van der Waals surface area contributed by atoms with E-state index >= 15 is 0 Å². The number of thioether (sulfide) groups is 1. The van der Waals surface area contributed by atoms with E-state index in [1.807, 2.05) is 49.4 Å². The molecule has 3 aromatic rings. The molecule has 3 rings (SSSR count). The van der Waals surface area contributed by atoms with Crippen LogP contribution in [-0.2, 0) is 4.79 Å². The molecule has 0 saturated carbocycles. The molecule has 2 aromatic carbocycles. The Morgan fingerprint density at radius 3 is 2.75 bits per heavy atom. The summed E-state index contributed by atoms with van der Waals surface area (Å²) in [6.45, 7) is 2.03. The molecule has 4 nitrogen and oxygen atoms in total. The van der Waals surface area contributed by atoms with E-state index in [4.69, 9.17) is 4.74 Å². The molecular formula is C18H18N2O2S2. The molecule has 0 bridgehead atoms. The third-order valence-electron chi connectivity index (χ3n) is 3.52. The molecule has 0 atom stereocenters. The summed E-state index contributed by atoms with van der Waals surface area (Å²) in [4.78, 5) is 17.7. The quantitative estimate of drug-likeness (QED) is 0.647. The van der Waals surface area contributed by atoms with Crippen LogP contribution < -0.4 is 10.1 Å². The number of rotatable bonds is 6. The first-order valence-corrected chi connectivity index (χ1v) is 9.39. The maximum atomic E-state index is 12.1. The Morgan fingerprint density at radius 1 is 1.25 bits per heavy atom. The van der Waals surface area contributed by atoms with Crippen LogP contribution in [0, 0.1) is 6.92 Å². The van der Waals surface area contributed by atoms with Crippen molar-refractivity contribution in [2.75, 3.05) is 18.2 Å². The number of aromatic nitrogens is 1. The number of benzene rings is 2. The third kappa shape index (κ3) is 4.07. The molecule has 1 aromatic heterocycles. The fourth-order valence-electron chi connectivity index (χ4n) is 2.25. The minimum Gasteiger partial charge on any atom is -0.497 e. The number of hydrogen-bond donors (Lipinski definition) is 1. The zero-order valence-electron chi connectivity index (χ0n) is 13.5. The summed E-state index contributed by atoms with van der Waals surface area (Å²) in [5, 5.41) is 3.56. The molecule has 0 unspecified atom stereocenters. The summed E-state index contributed by atoms with van der Waals surface area (Å²) in [6, 6.07) is 13.9. The van der Waals surface area contributed by atoms with E-state index in [1.165, 1.54) is 11.3 Å². The number of ether oxygens (including phenoxy) is 1. The highest BCUT2D eigenvalue weighted by Crippen LogP contribution is 2.28. The Balaban J connectivity index is 1.52. The van der Waals surface area contributed by atoms with Crippen LogP contribution in [0.1, 0.15) is 12.0 Å². The summed E-state index contributed by atoms with van der Waals surface area (Å²) < 4.78 is 6.23. The van der Waals surface area contributed by atoms with Gasteiger partial charge in [-0.15, -0.1) is 11.8 Å². The molecular weight excluding hydrogens is 340 g/mol. The molecule has 6 heteroatoms. The van der Waals surface area contributed by atoms with Crippen LogP contribution in [0.3, 0.4) is 0 Å². The smallest absolute Gasteiger partial charge is 0.226 e. The Hall–Kier alpha value is -2.05. The van der Waals surface area contributed by atoms with Crippen LogP contribution in [0.4, 0.5) is 5.13 Å². The van der Waals surface area contributed by atoms with Gasteiger partial charge < -0.3 is 10.1 Å². The number of para-hydroxylation sites is 1. The van der Waals surface area contributed by atoms with Crippen molar-refractivity contribution in [3.05, 3.63) is 48.0 Å². The average Bonchev–Trinajstić information content (AvgIpc) is 2.99. The zero-order valence-corrected chi connectivity index (χ0v) is 15.2. The third-order valence-corrected chi connectivity index (χ3v) is 5.47. The Bertz CT molecular complexity index is 844. The molecule has 1 amide bonds. The van der Waals surface area contributed by atoms with E-state index in [0.717, 1.165) is 32.2 Å². The predicted octanol–water partition coefficient (Wildman–Crippen LogP) is 4.73. The fraction of sp³-hybridized carbons (Fsp3) is 0.222. The maximum Gasteiger partial charge on any atom is 0.226 e. The lowest BCUT2D eigenvalue weighted by Gasteiger charge is -2.04. The lowest BCUT2D eigenvalue weighted by molar-refractivity contribution is -0.115. The van der Waals surface area contributed by atoms with Crippen molar-refractivity contribution >= 4 is 44.4 Å². The SMILES string of the molecule is COc1ccc(SCCC(=O)Nc2nc3c(C)cccc3s2)cc1. The second-order valence-electron chi connectivity index (χ2n) is 5.26. The van der Waals surface area contributed by atoms with Gasteiger partial charge in [-0.25, -0.2) is 4.98 Å². The number of nitrogens with zero attached hydrogens (tertiary/aromatic N) is 1. The van der Waals surface area contributed by atoms with Crippen LogP contribution in [-0.4, -0.2) is 23.8 Å². The van der Waals surface area contributed by atoms with Crippen molar-refractivity contribution in [2.45, 2.75) is 18.2 Å². The van der Waals surface area contributed by atoms with Crippen LogP contribution in [0.2, 0.25) is 0 Å². The van der Waals surface area contributed by atoms with E-state index in [-0.39, 0.29) is 5.91 Å². The van der Waals surface area contributed by atoms with Crippen molar-refractivity contribution in [2.24, 2.45) is 0 Å². The van der Waals surface area contributed by atoms with Crippen LogP contribution >= 0.6 is 23.1 Å². The van der Waals surface area contributed by atoms with Crippen LogP contribution in [0.15, 0.2) is 47.4 Å². The molecule has 124 valence electrons. The van der Waals surface area contributed by atoms with E-state index in [0.29, 0.717) is 11.6 Å². The Labute approximate surface area is 149 Å². The first kappa shape index (κ1) is 16.8. The second-order valence-corrected chi connectivity index (χ2v) is 7.46. The van der Waals surface area contributed by atoms with Crippen molar-refractivity contribution in [1.29, 1.82) is 0 Å². The van der Waals surface area contributed by atoms with Crippen molar-refractivity contribution in [3.8, 4) is 5.75 Å². The number of anilines is 1. The van der Waals surface area contributed by atoms with E-state index < -0.39 is 0 Å². The first-order valence-electron chi connectivity index (χ1n) is 7.58. The van der Waals surface area contributed by atoms with Crippen LogP contribution in [0.5, 0.6) is 5.75 Å². The monoisotopic (exact) mass is 358 g/mol. The number of fused-ring (bicyclic) bond motifs is 1. The predicted molar refractivity (Wildman–Crippen MR) is 101 cm³/mol. The number of methoxy groups -OCH3 is 1. The van der Waals surface area contributed by atoms with Gasteiger partial charge in [0.2, 0.25) is 5.91 Å². The summed E-state index contributed by atoms with van der Waals surface area (Å²) in [6.07, 6.45) is 0.450. The number of carbonyl (C=O) groups is 1. The number of carbonyl (C=O) groups excluding carboxylic acids is 1. The summed E-state index contributed by atoms with van der Waals surface area (Å²) in [5.74, 6) is 1.55. The minimum atomic E-state index is -0.00674. The number of nitrogens with one attached hydrogen (secondary N) is 1. The van der Waals surface area contributed by atoms with Crippen molar-refractivity contribution < 1.29 is 9.53 Å². The standard InChI is InChI=1S/C18H18N2O2S2/c1-12-4-3-5-15-17(12)20-18(24-15)19-16(21)10-11-23-14-8-6-13(22-2)7-9-14/h3-9H,10-11H2,1-2H3,(H,19,20,21). The summed E-state index contributed by atoms with van der Waals surface area (Å²) in [5.41, 5.74) is 2.09. The number of amides is 1. The topological polar surface area (TPSA) is 51.2 Å². The number of thiazole rings is 1. The van der Waals surface area contributed by atoms with E-state index in [1.54, 1.807) is 18.9 Å². The minimum absolute atomic E-state index is 0.00674. The van der Waals surface area contributed by atoms with Gasteiger partial charge in [-0.1, -0.05) is 23.5 Å². The first-order chi connectivity index (χ1) is 11.7. The van der Waals surface area contributed by atoms with Gasteiger partial charge in [0.15, 0.2) is 5.13 Å². The molecule has 24 heavy (non-hydrogen) atoms. The molecule has 0 radical (unpaired) electrons. The number of aryl methyl sites for hydroxylation is 1. The zero-order chi connectivity index (χ0) is 16.9. The van der Waals surface area contributed by atoms with Gasteiger partial charge >= 0.3 is 0 Å². The molecule has 0 fully saturated rings. The molecule has 1 heterocycles. The average molecular weight is 358 g/mol. The lowest BCUT2D eigenvalue weighted by Crippen LogP contribution is -2.11. The molecule has 1 N–H and O–H groups in total. The number of hydrogen-bond acceptors (Lipinski definition) is 5. The van der Waals surface area contributed by atoms with Crippen LogP contribution in [0.25, 0.3) is 10.2 Å². The highest BCUT2D eigenvalue weighted by Gasteiger charge is 2.09. The van der Waals surface area contributed by atoms with Gasteiger partial charge in [0.05, 0.1) is 17.3 Å². The second kappa shape index (κ2) is 7.68. The van der Waals surface area contributed by atoms with E-state index in [2.05, 4.69) is 10.3 Å². The fourth-order valence-corrected chi connectivity index (χ4v) is 4.07. The largest absolute Gasteiger partial charge is 0.497 e. The Kier molecular flexibility index (Phi) is 5.37. The molecule has 0 aliphatic rings. The summed E-state index contributed by atoms with van der Waals surface area (Å²) >= 11 is 3.16. The molecule has 0 spiro atoms. The van der Waals surface area contributed by atoms with Gasteiger partial charge in [0.1, 0.15) is 5.75 Å². The summed E-state index contributed by atoms with van der Waals surface area (Å²) in [7, 11) is 1.65. The lowest BCUT2D eigenvalue weighted by atomic mass is 10.2. The maximum absolute atomic E-state index is 12.1. The van der Waals surface area contributed by atoms with Gasteiger partial charge in [-0.3, -0.25) is 4.79 Å². The molecule has 0 aliphatic carbocycles. The molecule has 0 saturated heterocycles. The molecule has 0 aliphatic heterocycles. The highest BCUT2D eigenvalue weighted by atomic mass is 32.2. The highest BCUT2D eigenvalue weighted by molar-refractivity contribution is 7.99. The van der Waals surface area contributed by atoms with Gasteiger partial charge in [0, 0.05) is 17.1 Å². The Morgan fingerprint density at radius 2 is 2.04 bits per heavy atom. The van der Waals surface area contributed by atoms with Gasteiger partial charge in [-0.05, 0) is 42.8 Å². The van der Waals surface area contributed by atoms with Gasteiger partial charge in [-0.2, -0.15) is 0 Å².